The summed E-state index contributed by atoms with van der Waals surface area (Å²) in [6.07, 6.45) is -3.82. The molecule has 0 fully saturated rings. The smallest absolute Gasteiger partial charge is 0.340 e. The van der Waals surface area contributed by atoms with Crippen LogP contribution in [-0.2, 0) is 0 Å². The molecule has 0 unspecified atom stereocenters. The van der Waals surface area contributed by atoms with Gasteiger partial charge in [0, 0.05) is 6.07 Å². The highest BCUT2D eigenvalue weighted by molar-refractivity contribution is 5.52. The van der Waals surface area contributed by atoms with Crippen molar-refractivity contribution in [3.05, 3.63) is 24.0 Å². The number of nitrogen functional groups attached to an aromatic ring is 1. The molecule has 2 N–H and O–H groups in total. The summed E-state index contributed by atoms with van der Waals surface area (Å²) in [5.41, 5.74) is 5.00. The lowest BCUT2D eigenvalue weighted by Crippen LogP contribution is -2.33. The largest absolute Gasteiger partial charge is 0.485 e. The Balaban J connectivity index is 2.68. The molecule has 0 aliphatic rings. The fourth-order valence-corrected chi connectivity index (χ4v) is 0.888. The van der Waals surface area contributed by atoms with Gasteiger partial charge in [0.1, 0.15) is 11.6 Å². The van der Waals surface area contributed by atoms with E-state index < -0.39 is 24.8 Å². The molecule has 7 heteroatoms. The highest BCUT2D eigenvalue weighted by Gasteiger charge is 2.41. The minimum atomic E-state index is -4.26. The van der Waals surface area contributed by atoms with Crippen molar-refractivity contribution in [3.8, 4) is 5.75 Å². The van der Waals surface area contributed by atoms with Crippen molar-refractivity contribution in [1.82, 2.24) is 0 Å². The van der Waals surface area contributed by atoms with Crippen LogP contribution >= 0.6 is 0 Å². The standard InChI is InChI=1S/C9H8F5NO/c10-5-1-2-7(6(15)3-5)16-4-9(13,14)8(11)12/h1-3,8H,4,15H2. The second-order valence-electron chi connectivity index (χ2n) is 3.03. The van der Waals surface area contributed by atoms with Crippen molar-refractivity contribution in [3.63, 3.8) is 0 Å². The molecule has 0 amide bonds. The SMILES string of the molecule is Nc1cc(F)ccc1OCC(F)(F)C(F)F. The number of hydrogen-bond acceptors (Lipinski definition) is 2. The third kappa shape index (κ3) is 2.98. The van der Waals surface area contributed by atoms with Crippen molar-refractivity contribution < 1.29 is 26.7 Å². The number of hydrogen-bond donors (Lipinski definition) is 1. The molecule has 0 aliphatic carbocycles. The van der Waals surface area contributed by atoms with Crippen LogP contribution in [0.15, 0.2) is 18.2 Å². The minimum Gasteiger partial charge on any atom is -0.485 e. The first kappa shape index (κ1) is 12.5. The lowest BCUT2D eigenvalue weighted by atomic mass is 10.3. The van der Waals surface area contributed by atoms with E-state index in [0.29, 0.717) is 0 Å². The fourth-order valence-electron chi connectivity index (χ4n) is 0.888. The topological polar surface area (TPSA) is 35.2 Å². The van der Waals surface area contributed by atoms with Crippen molar-refractivity contribution >= 4 is 5.69 Å². The summed E-state index contributed by atoms with van der Waals surface area (Å²) in [6.45, 7) is -1.51. The first-order valence-electron chi connectivity index (χ1n) is 4.17. The van der Waals surface area contributed by atoms with Crippen LogP contribution in [0.25, 0.3) is 0 Å². The van der Waals surface area contributed by atoms with Gasteiger partial charge in [-0.25, -0.2) is 13.2 Å². The number of ether oxygens (including phenoxy) is 1. The Morgan fingerprint density at radius 3 is 2.44 bits per heavy atom. The molecule has 0 bridgehead atoms. The van der Waals surface area contributed by atoms with Crippen LogP contribution in [0.4, 0.5) is 27.6 Å². The summed E-state index contributed by atoms with van der Waals surface area (Å²) in [7, 11) is 0. The second-order valence-corrected chi connectivity index (χ2v) is 3.03. The van der Waals surface area contributed by atoms with Crippen molar-refractivity contribution in [1.29, 1.82) is 0 Å². The lowest BCUT2D eigenvalue weighted by Gasteiger charge is -2.16. The van der Waals surface area contributed by atoms with E-state index in [0.717, 1.165) is 18.2 Å². The summed E-state index contributed by atoms with van der Waals surface area (Å²) in [5, 5.41) is 0. The van der Waals surface area contributed by atoms with Gasteiger partial charge in [-0.05, 0) is 12.1 Å². The molecule has 2 nitrogen and oxygen atoms in total. The van der Waals surface area contributed by atoms with Crippen LogP contribution < -0.4 is 10.5 Å². The molecule has 0 saturated heterocycles. The molecular formula is C9H8F5NO. The molecule has 1 aromatic carbocycles. The summed E-state index contributed by atoms with van der Waals surface area (Å²) < 4.78 is 65.4. The Kier molecular flexibility index (Phi) is 3.56. The number of anilines is 1. The van der Waals surface area contributed by atoms with Gasteiger partial charge in [0.25, 0.3) is 0 Å². The maximum atomic E-state index is 12.5. The first-order chi connectivity index (χ1) is 7.33. The van der Waals surface area contributed by atoms with E-state index in [-0.39, 0.29) is 11.4 Å². The van der Waals surface area contributed by atoms with Gasteiger partial charge >= 0.3 is 12.3 Å². The van der Waals surface area contributed by atoms with Crippen LogP contribution in [-0.4, -0.2) is 19.0 Å². The van der Waals surface area contributed by atoms with Gasteiger partial charge in [-0.2, -0.15) is 8.78 Å². The highest BCUT2D eigenvalue weighted by Crippen LogP contribution is 2.27. The van der Waals surface area contributed by atoms with E-state index in [1.54, 1.807) is 0 Å². The summed E-state index contributed by atoms with van der Waals surface area (Å²) in [4.78, 5) is 0. The van der Waals surface area contributed by atoms with Crippen LogP contribution in [0.2, 0.25) is 0 Å². The predicted molar refractivity (Wildman–Crippen MR) is 47.3 cm³/mol. The third-order valence-electron chi connectivity index (χ3n) is 1.71. The zero-order chi connectivity index (χ0) is 12.3. The van der Waals surface area contributed by atoms with Gasteiger partial charge in [-0.3, -0.25) is 0 Å². The zero-order valence-corrected chi connectivity index (χ0v) is 7.89. The molecule has 0 aromatic heterocycles. The number of alkyl halides is 4. The minimum absolute atomic E-state index is 0.231. The van der Waals surface area contributed by atoms with Crippen molar-refractivity contribution in [2.45, 2.75) is 12.3 Å². The molecule has 0 saturated carbocycles. The fraction of sp³-hybridized carbons (Fsp3) is 0.333. The maximum Gasteiger partial charge on any atom is 0.340 e. The van der Waals surface area contributed by atoms with Gasteiger partial charge in [0.05, 0.1) is 5.69 Å². The van der Waals surface area contributed by atoms with E-state index in [9.17, 15) is 22.0 Å². The van der Waals surface area contributed by atoms with Crippen LogP contribution in [0.3, 0.4) is 0 Å². The molecule has 0 radical (unpaired) electrons. The summed E-state index contributed by atoms with van der Waals surface area (Å²) in [5.74, 6) is -5.20. The Labute approximate surface area is 87.8 Å². The van der Waals surface area contributed by atoms with E-state index in [2.05, 4.69) is 4.74 Å². The third-order valence-corrected chi connectivity index (χ3v) is 1.71. The Bertz CT molecular complexity index is 369. The number of benzene rings is 1. The van der Waals surface area contributed by atoms with Crippen LogP contribution in [0.5, 0.6) is 5.75 Å². The average Bonchev–Trinajstić information content (AvgIpc) is 2.16. The highest BCUT2D eigenvalue weighted by atomic mass is 19.3. The Hall–Kier alpha value is -1.53. The molecule has 1 rings (SSSR count). The van der Waals surface area contributed by atoms with Gasteiger partial charge in [-0.1, -0.05) is 0 Å². The van der Waals surface area contributed by atoms with E-state index in [1.807, 2.05) is 0 Å². The summed E-state index contributed by atoms with van der Waals surface area (Å²) in [6, 6.07) is 2.76. The first-order valence-corrected chi connectivity index (χ1v) is 4.17. The molecular weight excluding hydrogens is 233 g/mol. The lowest BCUT2D eigenvalue weighted by molar-refractivity contribution is -0.148. The molecule has 16 heavy (non-hydrogen) atoms. The van der Waals surface area contributed by atoms with Gasteiger partial charge in [0.15, 0.2) is 6.61 Å². The Morgan fingerprint density at radius 1 is 1.31 bits per heavy atom. The summed E-state index contributed by atoms with van der Waals surface area (Å²) >= 11 is 0. The van der Waals surface area contributed by atoms with Gasteiger partial charge in [0.2, 0.25) is 0 Å². The molecule has 0 atom stereocenters. The van der Waals surface area contributed by atoms with Crippen molar-refractivity contribution in [2.24, 2.45) is 0 Å². The Morgan fingerprint density at radius 2 is 1.94 bits per heavy atom. The molecule has 1 aromatic rings. The monoisotopic (exact) mass is 241 g/mol. The molecule has 0 heterocycles. The molecule has 0 aliphatic heterocycles. The number of rotatable bonds is 4. The van der Waals surface area contributed by atoms with E-state index in [1.165, 1.54) is 0 Å². The zero-order valence-electron chi connectivity index (χ0n) is 7.89. The van der Waals surface area contributed by atoms with Crippen LogP contribution in [0.1, 0.15) is 0 Å². The van der Waals surface area contributed by atoms with E-state index >= 15 is 0 Å². The average molecular weight is 241 g/mol. The normalized spacial score (nSPS) is 11.9. The predicted octanol–water partition coefficient (Wildman–Crippen LogP) is 2.69. The van der Waals surface area contributed by atoms with E-state index in [4.69, 9.17) is 5.73 Å². The second kappa shape index (κ2) is 4.54. The van der Waals surface area contributed by atoms with Gasteiger partial charge < -0.3 is 10.5 Å². The maximum absolute atomic E-state index is 12.5. The molecule has 90 valence electrons. The number of nitrogens with two attached hydrogens (primary N) is 1. The molecule has 0 spiro atoms. The van der Waals surface area contributed by atoms with Gasteiger partial charge in [-0.15, -0.1) is 0 Å². The van der Waals surface area contributed by atoms with Crippen LogP contribution in [0, 0.1) is 5.82 Å². The number of halogens is 5. The van der Waals surface area contributed by atoms with Crippen molar-refractivity contribution in [2.75, 3.05) is 12.3 Å². The quantitative estimate of drug-likeness (QED) is 0.649.